The van der Waals surface area contributed by atoms with E-state index >= 15 is 0 Å². The number of rotatable bonds is 3. The van der Waals surface area contributed by atoms with E-state index in [1.807, 2.05) is 12.1 Å². The Bertz CT molecular complexity index is 451. The normalized spacial score (nSPS) is 30.7. The molecule has 3 nitrogen and oxygen atoms in total. The molecule has 1 aromatic rings. The van der Waals surface area contributed by atoms with E-state index in [-0.39, 0.29) is 5.75 Å². The second-order valence-electron chi connectivity index (χ2n) is 5.83. The van der Waals surface area contributed by atoms with Gasteiger partial charge in [0.1, 0.15) is 5.75 Å². The fourth-order valence-corrected chi connectivity index (χ4v) is 3.86. The number of aliphatic hydroxyl groups is 1. The smallest absolute Gasteiger partial charge is 0.134 e. The molecule has 2 fully saturated rings. The van der Waals surface area contributed by atoms with Crippen molar-refractivity contribution in [1.82, 2.24) is 4.90 Å². The lowest BCUT2D eigenvalue weighted by Crippen LogP contribution is -2.43. The topological polar surface area (TPSA) is 43.7 Å². The first-order chi connectivity index (χ1) is 9.19. The molecule has 3 atom stereocenters. The van der Waals surface area contributed by atoms with Gasteiger partial charge < -0.3 is 10.2 Å². The van der Waals surface area contributed by atoms with Gasteiger partial charge in [-0.2, -0.15) is 0 Å². The van der Waals surface area contributed by atoms with Crippen LogP contribution in [0.25, 0.3) is 0 Å². The van der Waals surface area contributed by atoms with Gasteiger partial charge in [0.25, 0.3) is 0 Å². The van der Waals surface area contributed by atoms with Crippen molar-refractivity contribution in [1.29, 1.82) is 0 Å². The van der Waals surface area contributed by atoms with Gasteiger partial charge in [-0.15, -0.1) is 0 Å². The summed E-state index contributed by atoms with van der Waals surface area (Å²) in [7, 11) is 0. The van der Waals surface area contributed by atoms with Gasteiger partial charge in [-0.25, -0.2) is 0 Å². The van der Waals surface area contributed by atoms with E-state index in [0.29, 0.717) is 29.6 Å². The lowest BCUT2D eigenvalue weighted by molar-refractivity contribution is 0.0683. The number of aliphatic hydroxyl groups excluding tert-OH is 1. The number of piperidine rings is 1. The maximum absolute atomic E-state index is 9.67. The number of halogens is 1. The highest BCUT2D eigenvalue weighted by Gasteiger charge is 2.40. The van der Waals surface area contributed by atoms with Crippen molar-refractivity contribution < 1.29 is 10.2 Å². The minimum atomic E-state index is 0.164. The SMILES string of the molecule is OCC1C[C@H]2CC[C@@H](C1)N2Cc1cccc(O)c1Cl. The van der Waals surface area contributed by atoms with Crippen molar-refractivity contribution in [2.24, 2.45) is 5.92 Å². The molecule has 1 aromatic carbocycles. The number of phenols is 1. The van der Waals surface area contributed by atoms with Crippen LogP contribution >= 0.6 is 11.6 Å². The predicted octanol–water partition coefficient (Wildman–Crippen LogP) is 2.78. The van der Waals surface area contributed by atoms with E-state index in [9.17, 15) is 10.2 Å². The molecule has 2 saturated heterocycles. The Hall–Kier alpha value is -0.770. The number of hydrogen-bond donors (Lipinski definition) is 2. The zero-order chi connectivity index (χ0) is 13.4. The van der Waals surface area contributed by atoms with Gasteiger partial charge in [-0.3, -0.25) is 4.90 Å². The fraction of sp³-hybridized carbons (Fsp3) is 0.600. The number of aromatic hydroxyl groups is 1. The number of fused-ring (bicyclic) bond motifs is 2. The Balaban J connectivity index is 1.76. The first kappa shape index (κ1) is 13.2. The highest BCUT2D eigenvalue weighted by molar-refractivity contribution is 6.32. The van der Waals surface area contributed by atoms with Crippen LogP contribution in [0.3, 0.4) is 0 Å². The highest BCUT2D eigenvalue weighted by atomic mass is 35.5. The number of nitrogens with zero attached hydrogens (tertiary/aromatic N) is 1. The molecule has 0 aliphatic carbocycles. The molecular weight excluding hydrogens is 262 g/mol. The Labute approximate surface area is 118 Å². The van der Waals surface area contributed by atoms with Gasteiger partial charge in [0, 0.05) is 25.2 Å². The average molecular weight is 282 g/mol. The van der Waals surface area contributed by atoms with Crippen LogP contribution < -0.4 is 0 Å². The highest BCUT2D eigenvalue weighted by Crippen LogP contribution is 2.40. The molecule has 0 amide bonds. The minimum Gasteiger partial charge on any atom is -0.506 e. The summed E-state index contributed by atoms with van der Waals surface area (Å²) in [6.45, 7) is 1.12. The second-order valence-corrected chi connectivity index (χ2v) is 6.21. The maximum atomic E-state index is 9.67. The molecule has 0 saturated carbocycles. The van der Waals surface area contributed by atoms with Crippen LogP contribution in [0.1, 0.15) is 31.2 Å². The molecule has 19 heavy (non-hydrogen) atoms. The third kappa shape index (κ3) is 2.47. The Morgan fingerprint density at radius 3 is 2.53 bits per heavy atom. The molecular formula is C15H20ClNO2. The summed E-state index contributed by atoms with van der Waals surface area (Å²) in [6.07, 6.45) is 4.61. The van der Waals surface area contributed by atoms with E-state index in [0.717, 1.165) is 24.9 Å². The molecule has 1 unspecified atom stereocenters. The number of phenolic OH excluding ortho intramolecular Hbond substituents is 1. The van der Waals surface area contributed by atoms with Crippen molar-refractivity contribution >= 4 is 11.6 Å². The van der Waals surface area contributed by atoms with Gasteiger partial charge >= 0.3 is 0 Å². The van der Waals surface area contributed by atoms with Crippen LogP contribution in [-0.2, 0) is 6.54 Å². The monoisotopic (exact) mass is 281 g/mol. The predicted molar refractivity (Wildman–Crippen MR) is 75.3 cm³/mol. The largest absolute Gasteiger partial charge is 0.506 e. The molecule has 0 aromatic heterocycles. The minimum absolute atomic E-state index is 0.164. The van der Waals surface area contributed by atoms with Crippen molar-refractivity contribution in [3.8, 4) is 5.75 Å². The van der Waals surface area contributed by atoms with E-state index < -0.39 is 0 Å². The Kier molecular flexibility index (Phi) is 3.70. The van der Waals surface area contributed by atoms with Crippen molar-refractivity contribution in [2.75, 3.05) is 6.61 Å². The summed E-state index contributed by atoms with van der Waals surface area (Å²) in [5, 5.41) is 19.5. The first-order valence-electron chi connectivity index (χ1n) is 7.02. The van der Waals surface area contributed by atoms with E-state index in [1.54, 1.807) is 6.07 Å². The summed E-state index contributed by atoms with van der Waals surface area (Å²) in [5.41, 5.74) is 1.00. The third-order valence-electron chi connectivity index (χ3n) is 4.65. The zero-order valence-corrected chi connectivity index (χ0v) is 11.7. The van der Waals surface area contributed by atoms with Gasteiger partial charge in [0.05, 0.1) is 5.02 Å². The van der Waals surface area contributed by atoms with Crippen LogP contribution in [0.2, 0.25) is 5.02 Å². The zero-order valence-electron chi connectivity index (χ0n) is 10.9. The molecule has 0 spiro atoms. The van der Waals surface area contributed by atoms with Gasteiger partial charge in [0.2, 0.25) is 0 Å². The summed E-state index contributed by atoms with van der Waals surface area (Å²) in [6, 6.07) is 6.58. The van der Waals surface area contributed by atoms with Gasteiger partial charge in [-0.1, -0.05) is 23.7 Å². The third-order valence-corrected chi connectivity index (χ3v) is 5.09. The van der Waals surface area contributed by atoms with E-state index in [4.69, 9.17) is 11.6 Å². The first-order valence-corrected chi connectivity index (χ1v) is 7.39. The lowest BCUT2D eigenvalue weighted by Gasteiger charge is -2.38. The van der Waals surface area contributed by atoms with Crippen LogP contribution in [-0.4, -0.2) is 33.8 Å². The Morgan fingerprint density at radius 1 is 1.21 bits per heavy atom. The van der Waals surface area contributed by atoms with Crippen LogP contribution in [0.15, 0.2) is 18.2 Å². The number of benzene rings is 1. The molecule has 2 aliphatic rings. The molecule has 2 N–H and O–H groups in total. The lowest BCUT2D eigenvalue weighted by atomic mass is 9.91. The molecule has 3 rings (SSSR count). The van der Waals surface area contributed by atoms with Crippen LogP contribution in [0.4, 0.5) is 0 Å². The molecule has 104 valence electrons. The molecule has 2 heterocycles. The maximum Gasteiger partial charge on any atom is 0.134 e. The summed E-state index contributed by atoms with van der Waals surface area (Å²) in [4.78, 5) is 2.51. The van der Waals surface area contributed by atoms with Crippen LogP contribution in [0, 0.1) is 5.92 Å². The van der Waals surface area contributed by atoms with Gasteiger partial charge in [-0.05, 0) is 43.2 Å². The van der Waals surface area contributed by atoms with E-state index in [1.165, 1.54) is 12.8 Å². The van der Waals surface area contributed by atoms with Crippen LogP contribution in [0.5, 0.6) is 5.75 Å². The van der Waals surface area contributed by atoms with E-state index in [2.05, 4.69) is 4.90 Å². The molecule has 4 heteroatoms. The average Bonchev–Trinajstić information content (AvgIpc) is 2.65. The molecule has 2 bridgehead atoms. The Morgan fingerprint density at radius 2 is 1.89 bits per heavy atom. The summed E-state index contributed by atoms with van der Waals surface area (Å²) >= 11 is 6.17. The number of hydrogen-bond acceptors (Lipinski definition) is 3. The van der Waals surface area contributed by atoms with Crippen molar-refractivity contribution in [2.45, 2.75) is 44.3 Å². The summed E-state index contributed by atoms with van der Waals surface area (Å²) in [5.74, 6) is 0.630. The second kappa shape index (κ2) is 5.31. The standard InChI is InChI=1S/C15H20ClNO2/c16-15-11(2-1-3-14(15)19)8-17-12-4-5-13(17)7-10(6-12)9-18/h1-3,10,12-13,18-19H,4-9H2/t10?,12-,13+. The molecule has 2 aliphatic heterocycles. The van der Waals surface area contributed by atoms with Crippen molar-refractivity contribution in [3.63, 3.8) is 0 Å². The quantitative estimate of drug-likeness (QED) is 0.895. The molecule has 0 radical (unpaired) electrons. The van der Waals surface area contributed by atoms with Gasteiger partial charge in [0.15, 0.2) is 0 Å². The fourth-order valence-electron chi connectivity index (χ4n) is 3.68. The van der Waals surface area contributed by atoms with Crippen molar-refractivity contribution in [3.05, 3.63) is 28.8 Å². The summed E-state index contributed by atoms with van der Waals surface area (Å²) < 4.78 is 0.